The maximum Gasteiger partial charge on any atom is 0.304 e. The van der Waals surface area contributed by atoms with E-state index in [1.165, 1.54) is 32.3 Å². The summed E-state index contributed by atoms with van der Waals surface area (Å²) in [4.78, 5) is 28.7. The van der Waals surface area contributed by atoms with Crippen LogP contribution in [0.15, 0.2) is 54.6 Å². The summed E-state index contributed by atoms with van der Waals surface area (Å²) in [5.41, 5.74) is 0. The number of hydrogen-bond donors (Lipinski definition) is 6. The van der Waals surface area contributed by atoms with Gasteiger partial charge >= 0.3 is 17.9 Å². The number of carboxylic acids is 3. The number of thiol groups is 3. The number of carbonyl (C=O) groups is 3. The summed E-state index contributed by atoms with van der Waals surface area (Å²) in [5, 5.41) is 31.5. The predicted molar refractivity (Wildman–Crippen MR) is 147 cm³/mol. The quantitative estimate of drug-likeness (QED) is 0.0970. The van der Waals surface area contributed by atoms with E-state index >= 15 is 0 Å². The van der Waals surface area contributed by atoms with E-state index in [-0.39, 0.29) is 45.5 Å². The van der Waals surface area contributed by atoms with E-state index < -0.39 is 17.9 Å². The molecular formula is C25H27O6S3Zr-. The van der Waals surface area contributed by atoms with Crippen molar-refractivity contribution >= 4 is 88.1 Å². The van der Waals surface area contributed by atoms with Gasteiger partial charge in [0.2, 0.25) is 0 Å². The molecule has 0 aliphatic carbocycles. The molecule has 0 radical (unpaired) electrons. The van der Waals surface area contributed by atoms with Gasteiger partial charge in [-0.1, -0.05) is 41.8 Å². The normalized spacial score (nSPS) is 9.57. The maximum atomic E-state index is 9.55. The van der Waals surface area contributed by atoms with Crippen molar-refractivity contribution in [3.05, 3.63) is 60.7 Å². The van der Waals surface area contributed by atoms with Gasteiger partial charge in [0.15, 0.2) is 0 Å². The minimum Gasteiger partial charge on any atom is -0.481 e. The third kappa shape index (κ3) is 12.2. The Hall–Kier alpha value is -1.74. The van der Waals surface area contributed by atoms with Gasteiger partial charge in [0.1, 0.15) is 0 Å². The molecule has 0 saturated carbocycles. The fraction of sp³-hybridized carbons (Fsp3) is 0.240. The van der Waals surface area contributed by atoms with Crippen molar-refractivity contribution in [2.24, 2.45) is 0 Å². The summed E-state index contributed by atoms with van der Waals surface area (Å²) >= 11 is 11.0. The first-order valence-electron chi connectivity index (χ1n) is 10.3. The van der Waals surface area contributed by atoms with Crippen LogP contribution in [0.25, 0.3) is 32.3 Å². The first kappa shape index (κ1) is 33.3. The second-order valence-corrected chi connectivity index (χ2v) is 8.14. The van der Waals surface area contributed by atoms with E-state index in [0.29, 0.717) is 17.3 Å². The van der Waals surface area contributed by atoms with Crippen molar-refractivity contribution in [3.63, 3.8) is 0 Å². The zero-order chi connectivity index (χ0) is 25.5. The minimum atomic E-state index is -0.787. The Bertz CT molecular complexity index is 1030. The second-order valence-electron chi connectivity index (χ2n) is 6.80. The number of carboxylic acid groups (broad SMARTS) is 3. The number of benzene rings is 4. The molecule has 4 aromatic carbocycles. The van der Waals surface area contributed by atoms with E-state index in [4.69, 9.17) is 15.3 Å². The first-order valence-corrected chi connectivity index (χ1v) is 12.2. The molecule has 0 aliphatic rings. The molecular weight excluding hydrogens is 584 g/mol. The molecule has 0 spiro atoms. The molecule has 0 atom stereocenters. The third-order valence-corrected chi connectivity index (χ3v) is 4.96. The van der Waals surface area contributed by atoms with Crippen LogP contribution in [0.4, 0.5) is 0 Å². The van der Waals surface area contributed by atoms with Gasteiger partial charge in [-0.3, -0.25) is 14.4 Å². The maximum absolute atomic E-state index is 9.55. The third-order valence-electron chi connectivity index (χ3n) is 4.29. The monoisotopic (exact) mass is 609 g/mol. The van der Waals surface area contributed by atoms with Gasteiger partial charge in [0, 0.05) is 43.5 Å². The summed E-state index contributed by atoms with van der Waals surface area (Å²) in [6.45, 7) is 0. The molecule has 4 aromatic rings. The van der Waals surface area contributed by atoms with Crippen molar-refractivity contribution in [2.45, 2.75) is 19.3 Å². The van der Waals surface area contributed by atoms with Gasteiger partial charge < -0.3 is 15.3 Å². The number of hydrogen-bond acceptors (Lipinski definition) is 6. The number of aliphatic carboxylic acids is 3. The summed E-state index contributed by atoms with van der Waals surface area (Å²) in [6.07, 6.45) is 0.468. The van der Waals surface area contributed by atoms with Gasteiger partial charge in [-0.05, 0) is 16.2 Å². The number of rotatable bonds is 6. The Morgan fingerprint density at radius 2 is 1.03 bits per heavy atom. The molecule has 0 saturated heterocycles. The van der Waals surface area contributed by atoms with Gasteiger partial charge in [-0.15, -0.1) is 35.0 Å². The van der Waals surface area contributed by atoms with Crippen LogP contribution in [0.3, 0.4) is 0 Å². The Kier molecular flexibility index (Phi) is 17.6. The van der Waals surface area contributed by atoms with Crippen LogP contribution in [-0.4, -0.2) is 50.5 Å². The van der Waals surface area contributed by atoms with Crippen LogP contribution in [0.1, 0.15) is 19.3 Å². The molecule has 6 nitrogen and oxygen atoms in total. The molecule has 186 valence electrons. The van der Waals surface area contributed by atoms with Crippen LogP contribution >= 0.6 is 37.9 Å². The molecule has 0 aromatic heterocycles. The molecule has 0 unspecified atom stereocenters. The van der Waals surface area contributed by atoms with Gasteiger partial charge in [-0.2, -0.15) is 37.9 Å². The average Bonchev–Trinajstić information content (AvgIpc) is 2.79. The fourth-order valence-electron chi connectivity index (χ4n) is 2.88. The van der Waals surface area contributed by atoms with E-state index in [1.807, 2.05) is 6.07 Å². The summed E-state index contributed by atoms with van der Waals surface area (Å²) in [7, 11) is 0. The second kappa shape index (κ2) is 18.5. The van der Waals surface area contributed by atoms with Crippen molar-refractivity contribution in [1.29, 1.82) is 0 Å². The van der Waals surface area contributed by atoms with Crippen LogP contribution in [0.2, 0.25) is 0 Å². The molecule has 0 aliphatic heterocycles. The summed E-state index contributed by atoms with van der Waals surface area (Å²) < 4.78 is 0. The summed E-state index contributed by atoms with van der Waals surface area (Å²) in [6, 6.07) is 22.6. The average molecular weight is 611 g/mol. The van der Waals surface area contributed by atoms with Gasteiger partial charge in [0.05, 0.1) is 19.3 Å². The van der Waals surface area contributed by atoms with E-state index in [9.17, 15) is 14.4 Å². The van der Waals surface area contributed by atoms with Crippen LogP contribution in [-0.2, 0) is 40.6 Å². The largest absolute Gasteiger partial charge is 0.481 e. The topological polar surface area (TPSA) is 112 Å². The molecule has 4 rings (SSSR count). The zero-order valence-electron chi connectivity index (χ0n) is 18.8. The van der Waals surface area contributed by atoms with E-state index in [1.54, 1.807) is 0 Å². The van der Waals surface area contributed by atoms with Gasteiger partial charge in [-0.25, -0.2) is 0 Å². The Morgan fingerprint density at radius 3 is 1.40 bits per heavy atom. The van der Waals surface area contributed by atoms with Crippen LogP contribution < -0.4 is 0 Å². The predicted octanol–water partition coefficient (Wildman–Crippen LogP) is 5.55. The smallest absolute Gasteiger partial charge is 0.304 e. The molecule has 0 heterocycles. The van der Waals surface area contributed by atoms with Crippen molar-refractivity contribution in [2.75, 3.05) is 17.3 Å². The SMILES string of the molecule is O=C(O)CCS.O=C(O)CCS.O=C(O)CCS.[Zr].[c-]1ccc2ccc3cccc4ccc1c2c43. The fourth-order valence-corrected chi connectivity index (χ4v) is 3.45. The van der Waals surface area contributed by atoms with Crippen LogP contribution in [0.5, 0.6) is 0 Å². The van der Waals surface area contributed by atoms with Crippen molar-refractivity contribution in [1.82, 2.24) is 0 Å². The summed E-state index contributed by atoms with van der Waals surface area (Å²) in [5.74, 6) is -1.08. The molecule has 0 fully saturated rings. The molecule has 35 heavy (non-hydrogen) atoms. The van der Waals surface area contributed by atoms with Gasteiger partial charge in [0.25, 0.3) is 0 Å². The van der Waals surface area contributed by atoms with Crippen LogP contribution in [0, 0.1) is 6.07 Å². The standard InChI is InChI=1S/C16H9.3C3H6O2S.Zr/c1-3-11-7-9-13-5-2-6-14-10-8-12(4-1)15(11)16(13)14;3*4-3(5)1-2-6;/h1-5,7-10H;3*6H,1-2H2,(H,4,5);/q-1;;;;. The Balaban J connectivity index is 0.000000516. The minimum absolute atomic E-state index is 0. The zero-order valence-corrected chi connectivity index (χ0v) is 24.0. The molecule has 10 heteroatoms. The Morgan fingerprint density at radius 1 is 0.629 bits per heavy atom. The molecule has 0 amide bonds. The molecule has 0 bridgehead atoms. The molecule has 3 N–H and O–H groups in total. The first-order chi connectivity index (χ1) is 16.2. The Labute approximate surface area is 239 Å². The van der Waals surface area contributed by atoms with E-state index in [2.05, 4.69) is 92.5 Å². The van der Waals surface area contributed by atoms with Crippen molar-refractivity contribution in [3.8, 4) is 0 Å². The van der Waals surface area contributed by atoms with Crippen molar-refractivity contribution < 1.29 is 55.9 Å². The van der Waals surface area contributed by atoms with E-state index in [0.717, 1.165) is 0 Å².